The fraction of sp³-hybridized carbons (Fsp3) is 0.588. The molecule has 0 aliphatic carbocycles. The lowest BCUT2D eigenvalue weighted by atomic mass is 10.1. The minimum absolute atomic E-state index is 0. The molecule has 1 aromatic rings. The van der Waals surface area contributed by atoms with Crippen molar-refractivity contribution >= 4 is 29.9 Å². The van der Waals surface area contributed by atoms with E-state index in [0.29, 0.717) is 0 Å². The van der Waals surface area contributed by atoms with E-state index in [0.717, 1.165) is 31.5 Å². The number of likely N-dealkylation sites (tertiary alicyclic amines) is 1. The Morgan fingerprint density at radius 2 is 2.00 bits per heavy atom. The van der Waals surface area contributed by atoms with Gasteiger partial charge < -0.3 is 15.5 Å². The molecule has 2 N–H and O–H groups in total. The zero-order chi connectivity index (χ0) is 14.9. The van der Waals surface area contributed by atoms with Gasteiger partial charge in [-0.1, -0.05) is 37.3 Å². The van der Waals surface area contributed by atoms with E-state index in [2.05, 4.69) is 58.6 Å². The first-order chi connectivity index (χ1) is 10.3. The Morgan fingerprint density at radius 3 is 2.64 bits per heavy atom. The molecule has 1 fully saturated rings. The third kappa shape index (κ3) is 6.52. The number of aliphatic imine (C=N–C) groups is 1. The van der Waals surface area contributed by atoms with Gasteiger partial charge in [0.2, 0.25) is 0 Å². The molecule has 1 saturated heterocycles. The highest BCUT2D eigenvalue weighted by Crippen LogP contribution is 2.14. The predicted octanol–water partition coefficient (Wildman–Crippen LogP) is 2.70. The average Bonchev–Trinajstić information content (AvgIpc) is 2.99. The van der Waals surface area contributed by atoms with E-state index in [-0.39, 0.29) is 24.0 Å². The van der Waals surface area contributed by atoms with Gasteiger partial charge in [-0.25, -0.2) is 4.99 Å². The first-order valence-electron chi connectivity index (χ1n) is 8.10. The van der Waals surface area contributed by atoms with Crippen molar-refractivity contribution in [2.75, 3.05) is 32.7 Å². The lowest BCUT2D eigenvalue weighted by Crippen LogP contribution is -2.40. The van der Waals surface area contributed by atoms with Crippen LogP contribution >= 0.6 is 24.0 Å². The van der Waals surface area contributed by atoms with E-state index < -0.39 is 0 Å². The second-order valence-corrected chi connectivity index (χ2v) is 5.61. The second kappa shape index (κ2) is 10.8. The molecule has 1 heterocycles. The Labute approximate surface area is 151 Å². The number of hydrogen-bond donors (Lipinski definition) is 2. The van der Waals surface area contributed by atoms with Gasteiger partial charge in [-0.05, 0) is 37.9 Å². The molecule has 22 heavy (non-hydrogen) atoms. The van der Waals surface area contributed by atoms with Crippen LogP contribution in [0.15, 0.2) is 35.3 Å². The number of nitrogens with one attached hydrogen (secondary N) is 2. The van der Waals surface area contributed by atoms with Gasteiger partial charge in [-0.15, -0.1) is 24.0 Å². The summed E-state index contributed by atoms with van der Waals surface area (Å²) in [4.78, 5) is 7.18. The van der Waals surface area contributed by atoms with Crippen molar-refractivity contribution in [2.24, 2.45) is 10.9 Å². The number of benzene rings is 1. The maximum atomic E-state index is 4.66. The van der Waals surface area contributed by atoms with Crippen molar-refractivity contribution in [1.29, 1.82) is 0 Å². The zero-order valence-electron chi connectivity index (χ0n) is 13.7. The molecule has 0 radical (unpaired) electrons. The summed E-state index contributed by atoms with van der Waals surface area (Å²) in [6.07, 6.45) is 1.29. The standard InChI is InChI=1S/C17H28N4.HI/c1-3-18-17(19-12-15-8-6-5-7-9-15)20-13-16-10-11-21(4-2)14-16;/h5-9,16H,3-4,10-14H2,1-2H3,(H2,18,19,20);1H. The Balaban J connectivity index is 0.00000242. The molecular weight excluding hydrogens is 387 g/mol. The van der Waals surface area contributed by atoms with Crippen LogP contribution in [0.1, 0.15) is 25.8 Å². The van der Waals surface area contributed by atoms with Crippen LogP contribution in [0.2, 0.25) is 0 Å². The Morgan fingerprint density at radius 1 is 1.23 bits per heavy atom. The largest absolute Gasteiger partial charge is 0.357 e. The van der Waals surface area contributed by atoms with Crippen LogP contribution in [0.5, 0.6) is 0 Å². The third-order valence-corrected chi connectivity index (χ3v) is 3.98. The highest BCUT2D eigenvalue weighted by molar-refractivity contribution is 14.0. The molecule has 1 aliphatic heterocycles. The summed E-state index contributed by atoms with van der Waals surface area (Å²) in [5.41, 5.74) is 1.24. The van der Waals surface area contributed by atoms with Crippen LogP contribution in [0.4, 0.5) is 0 Å². The van der Waals surface area contributed by atoms with Gasteiger partial charge in [-0.2, -0.15) is 0 Å². The summed E-state index contributed by atoms with van der Waals surface area (Å²) in [7, 11) is 0. The molecule has 124 valence electrons. The Bertz CT molecular complexity index is 436. The van der Waals surface area contributed by atoms with Gasteiger partial charge in [-0.3, -0.25) is 0 Å². The number of halogens is 1. The van der Waals surface area contributed by atoms with Crippen molar-refractivity contribution in [3.05, 3.63) is 35.9 Å². The van der Waals surface area contributed by atoms with E-state index in [1.807, 2.05) is 6.07 Å². The SMILES string of the molecule is CCNC(=NCc1ccccc1)NCC1CCN(CC)C1.I. The molecule has 1 aliphatic rings. The van der Waals surface area contributed by atoms with E-state index in [9.17, 15) is 0 Å². The quantitative estimate of drug-likeness (QED) is 0.426. The summed E-state index contributed by atoms with van der Waals surface area (Å²) in [5, 5.41) is 6.82. The molecule has 0 amide bonds. The average molecular weight is 416 g/mol. The first-order valence-corrected chi connectivity index (χ1v) is 8.10. The van der Waals surface area contributed by atoms with E-state index in [1.54, 1.807) is 0 Å². The molecule has 0 aromatic heterocycles. The second-order valence-electron chi connectivity index (χ2n) is 5.61. The number of rotatable bonds is 6. The van der Waals surface area contributed by atoms with Crippen LogP contribution in [-0.2, 0) is 6.54 Å². The summed E-state index contributed by atoms with van der Waals surface area (Å²) in [5.74, 6) is 1.67. The lowest BCUT2D eigenvalue weighted by molar-refractivity contribution is 0.342. The highest BCUT2D eigenvalue weighted by atomic mass is 127. The first kappa shape index (κ1) is 19.2. The summed E-state index contributed by atoms with van der Waals surface area (Å²) in [6, 6.07) is 10.4. The van der Waals surface area contributed by atoms with Crippen molar-refractivity contribution in [3.63, 3.8) is 0 Å². The summed E-state index contributed by atoms with van der Waals surface area (Å²) in [6.45, 7) is 10.6. The van der Waals surface area contributed by atoms with Crippen molar-refractivity contribution < 1.29 is 0 Å². The zero-order valence-corrected chi connectivity index (χ0v) is 16.0. The monoisotopic (exact) mass is 416 g/mol. The lowest BCUT2D eigenvalue weighted by Gasteiger charge is -2.16. The normalized spacial score (nSPS) is 18.8. The van der Waals surface area contributed by atoms with Gasteiger partial charge in [0.25, 0.3) is 0 Å². The summed E-state index contributed by atoms with van der Waals surface area (Å²) >= 11 is 0. The van der Waals surface area contributed by atoms with E-state index in [4.69, 9.17) is 0 Å². The number of guanidine groups is 1. The van der Waals surface area contributed by atoms with Gasteiger partial charge in [0, 0.05) is 19.6 Å². The maximum absolute atomic E-state index is 4.66. The van der Waals surface area contributed by atoms with E-state index in [1.165, 1.54) is 31.6 Å². The van der Waals surface area contributed by atoms with Gasteiger partial charge in [0.15, 0.2) is 5.96 Å². The van der Waals surface area contributed by atoms with Crippen molar-refractivity contribution in [2.45, 2.75) is 26.8 Å². The molecule has 1 aromatic carbocycles. The topological polar surface area (TPSA) is 39.7 Å². The molecule has 4 nitrogen and oxygen atoms in total. The maximum Gasteiger partial charge on any atom is 0.191 e. The highest BCUT2D eigenvalue weighted by Gasteiger charge is 2.20. The summed E-state index contributed by atoms with van der Waals surface area (Å²) < 4.78 is 0. The molecule has 0 saturated carbocycles. The molecule has 1 atom stereocenters. The smallest absolute Gasteiger partial charge is 0.191 e. The van der Waals surface area contributed by atoms with Gasteiger partial charge in [0.05, 0.1) is 6.54 Å². The number of nitrogens with zero attached hydrogens (tertiary/aromatic N) is 2. The van der Waals surface area contributed by atoms with Crippen LogP contribution in [-0.4, -0.2) is 43.6 Å². The van der Waals surface area contributed by atoms with Crippen LogP contribution in [0, 0.1) is 5.92 Å². The predicted molar refractivity (Wildman–Crippen MR) is 105 cm³/mol. The van der Waals surface area contributed by atoms with Crippen molar-refractivity contribution in [1.82, 2.24) is 15.5 Å². The van der Waals surface area contributed by atoms with Crippen LogP contribution < -0.4 is 10.6 Å². The Kier molecular flexibility index (Phi) is 9.47. The molecule has 2 rings (SSSR count). The molecular formula is C17H29IN4. The third-order valence-electron chi connectivity index (χ3n) is 3.98. The minimum Gasteiger partial charge on any atom is -0.357 e. The molecule has 1 unspecified atom stereocenters. The number of hydrogen-bond acceptors (Lipinski definition) is 2. The molecule has 5 heteroatoms. The van der Waals surface area contributed by atoms with E-state index >= 15 is 0 Å². The molecule has 0 spiro atoms. The van der Waals surface area contributed by atoms with Crippen LogP contribution in [0.3, 0.4) is 0 Å². The van der Waals surface area contributed by atoms with Crippen molar-refractivity contribution in [3.8, 4) is 0 Å². The Hall–Kier alpha value is -0.820. The fourth-order valence-electron chi connectivity index (χ4n) is 2.70. The van der Waals surface area contributed by atoms with Gasteiger partial charge >= 0.3 is 0 Å². The van der Waals surface area contributed by atoms with Crippen LogP contribution in [0.25, 0.3) is 0 Å². The van der Waals surface area contributed by atoms with Gasteiger partial charge in [0.1, 0.15) is 0 Å². The fourth-order valence-corrected chi connectivity index (χ4v) is 2.70. The minimum atomic E-state index is 0. The molecule has 0 bridgehead atoms.